The average molecular weight is 192 g/mol. The Bertz CT molecular complexity index is 110. The highest BCUT2D eigenvalue weighted by Gasteiger charge is 2.26. The van der Waals surface area contributed by atoms with Crippen LogP contribution in [0.2, 0.25) is 5.54 Å². The van der Waals surface area contributed by atoms with E-state index < -0.39 is 9.28 Å². The maximum Gasteiger partial charge on any atom is 0.325 e. The maximum absolute atomic E-state index is 5.79. The normalized spacial score (nSPS) is 16.5. The molecule has 0 fully saturated rings. The van der Waals surface area contributed by atoms with Crippen LogP contribution in [0.1, 0.15) is 13.3 Å². The maximum atomic E-state index is 5.79. The predicted octanol–water partition coefficient (Wildman–Crippen LogP) is -0.434. The summed E-state index contributed by atoms with van der Waals surface area (Å²) in [5.74, 6) is 0. The summed E-state index contributed by atoms with van der Waals surface area (Å²) >= 11 is 0. The molecule has 4 nitrogen and oxygen atoms in total. The van der Waals surface area contributed by atoms with Gasteiger partial charge in [0.2, 0.25) is 0 Å². The second-order valence-corrected chi connectivity index (χ2v) is 5.48. The first-order valence-corrected chi connectivity index (χ1v) is 5.79. The Morgan fingerprint density at radius 2 is 1.83 bits per heavy atom. The lowest BCUT2D eigenvalue weighted by molar-refractivity contribution is 0.257. The summed E-state index contributed by atoms with van der Waals surface area (Å²) in [6.45, 7) is 2.61. The fraction of sp³-hybridized carbons (Fsp3) is 1.00. The first-order valence-electron chi connectivity index (χ1n) is 4.18. The lowest BCUT2D eigenvalue weighted by Gasteiger charge is -2.25. The summed E-state index contributed by atoms with van der Waals surface area (Å²) in [7, 11) is 1.76. The van der Waals surface area contributed by atoms with Crippen LogP contribution in [-0.4, -0.2) is 36.1 Å². The SMILES string of the molecule is CO[SiH](OC)C(CCN)C(C)N. The first-order chi connectivity index (χ1) is 5.67. The molecule has 0 amide bonds. The van der Waals surface area contributed by atoms with Crippen molar-refractivity contribution in [2.45, 2.75) is 24.9 Å². The van der Waals surface area contributed by atoms with Gasteiger partial charge in [-0.2, -0.15) is 0 Å². The van der Waals surface area contributed by atoms with Gasteiger partial charge in [-0.15, -0.1) is 0 Å². The zero-order chi connectivity index (χ0) is 9.56. The third kappa shape index (κ3) is 3.64. The van der Waals surface area contributed by atoms with Gasteiger partial charge in [-0.05, 0) is 19.9 Å². The van der Waals surface area contributed by atoms with Gasteiger partial charge >= 0.3 is 9.28 Å². The molecule has 2 atom stereocenters. The van der Waals surface area contributed by atoms with E-state index in [1.807, 2.05) is 6.92 Å². The van der Waals surface area contributed by atoms with E-state index in [2.05, 4.69) is 0 Å². The topological polar surface area (TPSA) is 70.5 Å². The number of rotatable bonds is 6. The Balaban J connectivity index is 4.05. The minimum atomic E-state index is -1.59. The van der Waals surface area contributed by atoms with Crippen LogP contribution in [0.25, 0.3) is 0 Å². The van der Waals surface area contributed by atoms with Crippen molar-refractivity contribution < 1.29 is 8.85 Å². The molecule has 2 unspecified atom stereocenters. The van der Waals surface area contributed by atoms with Crippen LogP contribution < -0.4 is 11.5 Å². The number of hydrogen-bond acceptors (Lipinski definition) is 4. The first kappa shape index (κ1) is 12.1. The molecular formula is C7H20N2O2Si. The number of nitrogens with two attached hydrogens (primary N) is 2. The molecule has 74 valence electrons. The van der Waals surface area contributed by atoms with Crippen LogP contribution in [0.15, 0.2) is 0 Å². The van der Waals surface area contributed by atoms with Gasteiger partial charge in [0.05, 0.1) is 0 Å². The molecule has 0 saturated carbocycles. The molecular weight excluding hydrogens is 172 g/mol. The lowest BCUT2D eigenvalue weighted by atomic mass is 10.2. The van der Waals surface area contributed by atoms with E-state index in [0.29, 0.717) is 12.1 Å². The van der Waals surface area contributed by atoms with Crippen LogP contribution in [0.5, 0.6) is 0 Å². The minimum absolute atomic E-state index is 0.102. The lowest BCUT2D eigenvalue weighted by Crippen LogP contribution is -2.38. The van der Waals surface area contributed by atoms with Crippen LogP contribution in [0, 0.1) is 0 Å². The molecule has 4 N–H and O–H groups in total. The van der Waals surface area contributed by atoms with Gasteiger partial charge in [0.15, 0.2) is 0 Å². The van der Waals surface area contributed by atoms with E-state index in [0.717, 1.165) is 6.42 Å². The molecule has 0 saturated heterocycles. The third-order valence-corrected chi connectivity index (χ3v) is 4.56. The van der Waals surface area contributed by atoms with Crippen molar-refractivity contribution >= 4 is 9.28 Å². The third-order valence-electron chi connectivity index (χ3n) is 1.99. The molecule has 0 aromatic carbocycles. The summed E-state index contributed by atoms with van der Waals surface area (Å²) in [4.78, 5) is 0. The predicted molar refractivity (Wildman–Crippen MR) is 52.2 cm³/mol. The molecule has 0 radical (unpaired) electrons. The molecule has 0 aliphatic heterocycles. The molecule has 0 bridgehead atoms. The van der Waals surface area contributed by atoms with E-state index in [1.54, 1.807) is 14.2 Å². The van der Waals surface area contributed by atoms with Gasteiger partial charge in [-0.25, -0.2) is 0 Å². The highest BCUT2D eigenvalue weighted by molar-refractivity contribution is 6.46. The molecule has 0 aliphatic carbocycles. The van der Waals surface area contributed by atoms with Gasteiger partial charge in [-0.3, -0.25) is 0 Å². The standard InChI is InChI=1S/C7H20N2O2Si/c1-6(9)7(4-5-8)12(10-2)11-3/h6-7,12H,4-5,8-9H2,1-3H3. The van der Waals surface area contributed by atoms with Gasteiger partial charge < -0.3 is 20.3 Å². The molecule has 0 aromatic rings. The van der Waals surface area contributed by atoms with Gasteiger partial charge in [-0.1, -0.05) is 0 Å². The Hall–Kier alpha value is 0.0569. The smallest absolute Gasteiger partial charge is 0.325 e. The molecule has 0 aromatic heterocycles. The van der Waals surface area contributed by atoms with Crippen molar-refractivity contribution in [2.75, 3.05) is 20.8 Å². The summed E-state index contributed by atoms with van der Waals surface area (Å²) < 4.78 is 10.5. The Morgan fingerprint density at radius 1 is 1.33 bits per heavy atom. The van der Waals surface area contributed by atoms with Crippen LogP contribution in [-0.2, 0) is 8.85 Å². The van der Waals surface area contributed by atoms with Crippen molar-refractivity contribution in [1.29, 1.82) is 0 Å². The Kier molecular flexibility index (Phi) is 6.59. The van der Waals surface area contributed by atoms with Crippen molar-refractivity contribution in [2.24, 2.45) is 11.5 Å². The molecule has 0 aliphatic rings. The number of hydrogen-bond donors (Lipinski definition) is 2. The second-order valence-electron chi connectivity index (χ2n) is 2.94. The van der Waals surface area contributed by atoms with Gasteiger partial charge in [0.1, 0.15) is 0 Å². The average Bonchev–Trinajstić information content (AvgIpc) is 2.05. The largest absolute Gasteiger partial charge is 0.400 e. The minimum Gasteiger partial charge on any atom is -0.400 e. The van der Waals surface area contributed by atoms with E-state index in [4.69, 9.17) is 20.3 Å². The van der Waals surface area contributed by atoms with Gasteiger partial charge in [0, 0.05) is 25.8 Å². The fourth-order valence-corrected chi connectivity index (χ4v) is 3.14. The molecule has 0 heterocycles. The van der Waals surface area contributed by atoms with Crippen LogP contribution in [0.4, 0.5) is 0 Å². The monoisotopic (exact) mass is 192 g/mol. The Morgan fingerprint density at radius 3 is 2.08 bits per heavy atom. The van der Waals surface area contributed by atoms with E-state index in [9.17, 15) is 0 Å². The van der Waals surface area contributed by atoms with E-state index >= 15 is 0 Å². The highest BCUT2D eigenvalue weighted by atomic mass is 28.3. The van der Waals surface area contributed by atoms with Crippen LogP contribution >= 0.6 is 0 Å². The summed E-state index contributed by atoms with van der Waals surface area (Å²) in [6.07, 6.45) is 0.885. The molecule has 0 rings (SSSR count). The fourth-order valence-electron chi connectivity index (χ4n) is 1.29. The summed E-state index contributed by atoms with van der Waals surface area (Å²) in [5, 5.41) is 0. The summed E-state index contributed by atoms with van der Waals surface area (Å²) in [5.41, 5.74) is 11.6. The second kappa shape index (κ2) is 6.56. The highest BCUT2D eigenvalue weighted by Crippen LogP contribution is 2.18. The Labute approximate surface area is 76.1 Å². The van der Waals surface area contributed by atoms with Crippen molar-refractivity contribution in [1.82, 2.24) is 0 Å². The molecule has 12 heavy (non-hydrogen) atoms. The van der Waals surface area contributed by atoms with E-state index in [1.165, 1.54) is 0 Å². The van der Waals surface area contributed by atoms with Crippen LogP contribution in [0.3, 0.4) is 0 Å². The molecule has 5 heteroatoms. The van der Waals surface area contributed by atoms with Gasteiger partial charge in [0.25, 0.3) is 0 Å². The quantitative estimate of drug-likeness (QED) is 0.560. The van der Waals surface area contributed by atoms with Crippen molar-refractivity contribution in [3.63, 3.8) is 0 Å². The molecule has 0 spiro atoms. The van der Waals surface area contributed by atoms with Crippen molar-refractivity contribution in [3.8, 4) is 0 Å². The van der Waals surface area contributed by atoms with E-state index in [-0.39, 0.29) is 6.04 Å². The zero-order valence-electron chi connectivity index (χ0n) is 8.12. The summed E-state index contributed by atoms with van der Waals surface area (Å²) in [6, 6.07) is 0.102. The zero-order valence-corrected chi connectivity index (χ0v) is 9.27. The van der Waals surface area contributed by atoms with Crippen molar-refractivity contribution in [3.05, 3.63) is 0 Å².